The lowest BCUT2D eigenvalue weighted by Crippen LogP contribution is -2.04. The Morgan fingerprint density at radius 3 is 1.37 bits per heavy atom. The van der Waals surface area contributed by atoms with Gasteiger partial charge in [-0.25, -0.2) is 0 Å². The fourth-order valence-corrected chi connectivity index (χ4v) is 4.90. The summed E-state index contributed by atoms with van der Waals surface area (Å²) in [6.07, 6.45) is 0. The summed E-state index contributed by atoms with van der Waals surface area (Å²) in [5.41, 5.74) is 0. The summed E-state index contributed by atoms with van der Waals surface area (Å²) in [5, 5.41) is 9.38. The number of aromatic hydroxyl groups is 1. The van der Waals surface area contributed by atoms with Gasteiger partial charge in [-0.2, -0.15) is 0 Å². The second-order valence-corrected chi connectivity index (χ2v) is 8.03. The van der Waals surface area contributed by atoms with Gasteiger partial charge in [0.05, 0.1) is 10.9 Å². The summed E-state index contributed by atoms with van der Waals surface area (Å²) in [6.45, 7) is 0. The van der Waals surface area contributed by atoms with E-state index in [4.69, 9.17) is 4.74 Å². The normalized spacial score (nSPS) is 10.7. The standard InChI is InChI=1S/C24H18O2S/c25-19-11-13-20(14-12-19)26-21-15-17-24(18-16-21)27(22-7-3-1-4-8-22)23-9-5-2-6-10-23/h1-18H/p+1. The van der Waals surface area contributed by atoms with Crippen LogP contribution in [0.5, 0.6) is 17.2 Å². The van der Waals surface area contributed by atoms with Crippen LogP contribution in [0.4, 0.5) is 0 Å². The van der Waals surface area contributed by atoms with Gasteiger partial charge in [-0.3, -0.25) is 0 Å². The van der Waals surface area contributed by atoms with Crippen LogP contribution in [0.3, 0.4) is 0 Å². The first-order chi connectivity index (χ1) is 13.3. The van der Waals surface area contributed by atoms with Crippen molar-refractivity contribution in [1.82, 2.24) is 0 Å². The molecule has 0 aliphatic heterocycles. The smallest absolute Gasteiger partial charge is 0.166 e. The molecule has 27 heavy (non-hydrogen) atoms. The number of phenols is 1. The molecule has 3 heteroatoms. The third-order valence-corrected chi connectivity index (χ3v) is 6.32. The molecule has 2 nitrogen and oxygen atoms in total. The maximum Gasteiger partial charge on any atom is 0.166 e. The first kappa shape index (κ1) is 17.3. The third kappa shape index (κ3) is 4.15. The molecule has 0 aliphatic rings. The molecule has 0 bridgehead atoms. The minimum Gasteiger partial charge on any atom is -0.508 e. The number of hydrogen-bond donors (Lipinski definition) is 1. The van der Waals surface area contributed by atoms with Crippen LogP contribution in [-0.4, -0.2) is 5.11 Å². The third-order valence-electron chi connectivity index (χ3n) is 4.09. The van der Waals surface area contributed by atoms with Gasteiger partial charge >= 0.3 is 0 Å². The summed E-state index contributed by atoms with van der Waals surface area (Å²) in [6, 6.07) is 36.1. The molecule has 4 rings (SSSR count). The predicted octanol–water partition coefficient (Wildman–Crippen LogP) is 6.28. The minimum atomic E-state index is -0.161. The molecule has 0 spiro atoms. The SMILES string of the molecule is Oc1ccc(Oc2ccc([S+](c3ccccc3)c3ccccc3)cc2)cc1. The molecular weight excluding hydrogens is 352 g/mol. The number of hydrogen-bond acceptors (Lipinski definition) is 2. The zero-order valence-corrected chi connectivity index (χ0v) is 15.5. The second kappa shape index (κ2) is 8.02. The fraction of sp³-hybridized carbons (Fsp3) is 0. The largest absolute Gasteiger partial charge is 0.508 e. The van der Waals surface area contributed by atoms with Crippen LogP contribution in [0.1, 0.15) is 0 Å². The van der Waals surface area contributed by atoms with Gasteiger partial charge in [0.25, 0.3) is 0 Å². The molecule has 0 saturated carbocycles. The Kier molecular flexibility index (Phi) is 5.13. The van der Waals surface area contributed by atoms with Gasteiger partial charge < -0.3 is 9.84 Å². The highest BCUT2D eigenvalue weighted by Crippen LogP contribution is 2.32. The predicted molar refractivity (Wildman–Crippen MR) is 110 cm³/mol. The van der Waals surface area contributed by atoms with Crippen LogP contribution in [0, 0.1) is 0 Å². The number of rotatable bonds is 5. The molecule has 0 aliphatic carbocycles. The van der Waals surface area contributed by atoms with Crippen molar-refractivity contribution < 1.29 is 9.84 Å². The summed E-state index contributed by atoms with van der Waals surface area (Å²) >= 11 is 0. The second-order valence-electron chi connectivity index (χ2n) is 6.00. The monoisotopic (exact) mass is 371 g/mol. The molecule has 4 aromatic carbocycles. The van der Waals surface area contributed by atoms with E-state index in [0.717, 1.165) is 5.75 Å². The first-order valence-electron chi connectivity index (χ1n) is 8.71. The maximum atomic E-state index is 9.38. The number of phenolic OH excluding ortho intramolecular Hbond substituents is 1. The highest BCUT2D eigenvalue weighted by atomic mass is 32.2. The van der Waals surface area contributed by atoms with Gasteiger partial charge in [0.15, 0.2) is 14.7 Å². The molecule has 0 saturated heterocycles. The van der Waals surface area contributed by atoms with Gasteiger partial charge in [0.2, 0.25) is 0 Å². The Bertz CT molecular complexity index is 942. The molecule has 0 radical (unpaired) electrons. The Morgan fingerprint density at radius 2 is 0.889 bits per heavy atom. The fourth-order valence-electron chi connectivity index (χ4n) is 2.82. The van der Waals surface area contributed by atoms with Gasteiger partial charge in [-0.05, 0) is 72.8 Å². The van der Waals surface area contributed by atoms with E-state index in [9.17, 15) is 5.11 Å². The van der Waals surface area contributed by atoms with Crippen LogP contribution in [0.25, 0.3) is 0 Å². The van der Waals surface area contributed by atoms with Gasteiger partial charge in [-0.1, -0.05) is 36.4 Å². The van der Waals surface area contributed by atoms with Crippen molar-refractivity contribution in [3.8, 4) is 17.2 Å². The van der Waals surface area contributed by atoms with E-state index >= 15 is 0 Å². The van der Waals surface area contributed by atoms with Crippen LogP contribution >= 0.6 is 0 Å². The van der Waals surface area contributed by atoms with Crippen molar-refractivity contribution in [3.63, 3.8) is 0 Å². The summed E-state index contributed by atoms with van der Waals surface area (Å²) in [5.74, 6) is 1.70. The van der Waals surface area contributed by atoms with Gasteiger partial charge in [0, 0.05) is 0 Å². The average Bonchev–Trinajstić information content (AvgIpc) is 2.73. The number of ether oxygens (including phenoxy) is 1. The quantitative estimate of drug-likeness (QED) is 0.418. The van der Waals surface area contributed by atoms with E-state index in [1.165, 1.54) is 14.7 Å². The topological polar surface area (TPSA) is 29.5 Å². The average molecular weight is 371 g/mol. The number of benzene rings is 4. The summed E-state index contributed by atoms with van der Waals surface area (Å²) in [4.78, 5) is 3.82. The molecule has 1 N–H and O–H groups in total. The Labute approximate surface area is 162 Å². The zero-order valence-electron chi connectivity index (χ0n) is 14.7. The molecule has 0 heterocycles. The van der Waals surface area contributed by atoms with Crippen LogP contribution < -0.4 is 4.74 Å². The Hall–Kier alpha value is -3.17. The first-order valence-corrected chi connectivity index (χ1v) is 9.93. The lowest BCUT2D eigenvalue weighted by molar-refractivity contribution is 0.464. The molecule has 132 valence electrons. The van der Waals surface area contributed by atoms with Crippen molar-refractivity contribution in [2.24, 2.45) is 0 Å². The van der Waals surface area contributed by atoms with E-state index < -0.39 is 0 Å². The van der Waals surface area contributed by atoms with E-state index in [0.29, 0.717) is 5.75 Å². The van der Waals surface area contributed by atoms with Crippen molar-refractivity contribution in [3.05, 3.63) is 109 Å². The molecule has 0 aromatic heterocycles. The molecular formula is C24H19O2S+. The molecule has 0 atom stereocenters. The van der Waals surface area contributed by atoms with Crippen LogP contribution in [0.15, 0.2) is 124 Å². The summed E-state index contributed by atoms with van der Waals surface area (Å²) in [7, 11) is -0.161. The van der Waals surface area contributed by atoms with Crippen molar-refractivity contribution >= 4 is 10.9 Å². The van der Waals surface area contributed by atoms with Gasteiger partial charge in [0.1, 0.15) is 17.2 Å². The van der Waals surface area contributed by atoms with Crippen molar-refractivity contribution in [2.45, 2.75) is 14.7 Å². The molecule has 0 fully saturated rings. The lowest BCUT2D eigenvalue weighted by Gasteiger charge is -2.09. The molecule has 0 amide bonds. The zero-order chi connectivity index (χ0) is 18.5. The van der Waals surface area contributed by atoms with E-state index in [1.807, 2.05) is 24.3 Å². The maximum absolute atomic E-state index is 9.38. The molecule has 0 unspecified atom stereocenters. The Morgan fingerprint density at radius 1 is 0.481 bits per heavy atom. The van der Waals surface area contributed by atoms with Gasteiger partial charge in [-0.15, -0.1) is 0 Å². The summed E-state index contributed by atoms with van der Waals surface area (Å²) < 4.78 is 5.87. The van der Waals surface area contributed by atoms with Crippen molar-refractivity contribution in [1.29, 1.82) is 0 Å². The van der Waals surface area contributed by atoms with Crippen LogP contribution in [0.2, 0.25) is 0 Å². The van der Waals surface area contributed by atoms with E-state index in [2.05, 4.69) is 60.7 Å². The van der Waals surface area contributed by atoms with Crippen molar-refractivity contribution in [2.75, 3.05) is 0 Å². The molecule has 4 aromatic rings. The minimum absolute atomic E-state index is 0.161. The van der Waals surface area contributed by atoms with E-state index in [1.54, 1.807) is 24.3 Å². The highest BCUT2D eigenvalue weighted by Gasteiger charge is 2.28. The lowest BCUT2D eigenvalue weighted by atomic mass is 10.3. The van der Waals surface area contributed by atoms with Crippen LogP contribution in [-0.2, 0) is 10.9 Å². The Balaban J connectivity index is 1.64. The highest BCUT2D eigenvalue weighted by molar-refractivity contribution is 7.97. The van der Waals surface area contributed by atoms with E-state index in [-0.39, 0.29) is 16.6 Å².